The third-order valence-electron chi connectivity index (χ3n) is 4.50. The van der Waals surface area contributed by atoms with Gasteiger partial charge in [-0.3, -0.25) is 4.79 Å². The summed E-state index contributed by atoms with van der Waals surface area (Å²) >= 11 is 0. The zero-order valence-corrected chi connectivity index (χ0v) is 17.0. The Kier molecular flexibility index (Phi) is 8.77. The van der Waals surface area contributed by atoms with Crippen molar-refractivity contribution in [2.45, 2.75) is 97.2 Å². The van der Waals surface area contributed by atoms with Crippen molar-refractivity contribution in [3.63, 3.8) is 0 Å². The zero-order chi connectivity index (χ0) is 19.9. The van der Waals surface area contributed by atoms with Gasteiger partial charge in [0.1, 0.15) is 11.9 Å². The van der Waals surface area contributed by atoms with Gasteiger partial charge in [0, 0.05) is 12.0 Å². The van der Waals surface area contributed by atoms with Crippen molar-refractivity contribution in [1.82, 2.24) is 5.32 Å². The van der Waals surface area contributed by atoms with Crippen LogP contribution in [0.5, 0.6) is 0 Å². The van der Waals surface area contributed by atoms with Gasteiger partial charge in [-0.1, -0.05) is 13.8 Å². The highest BCUT2D eigenvalue weighted by molar-refractivity contribution is 5.75. The van der Waals surface area contributed by atoms with Crippen molar-refractivity contribution in [3.8, 4) is 0 Å². The van der Waals surface area contributed by atoms with Crippen molar-refractivity contribution in [1.29, 1.82) is 0 Å². The Morgan fingerprint density at radius 1 is 1.38 bits per heavy atom. The van der Waals surface area contributed by atoms with E-state index in [9.17, 15) is 14.7 Å². The molecule has 1 rings (SSSR count). The molecule has 0 fully saturated rings. The number of carbonyl (C=O) groups is 2. The minimum Gasteiger partial charge on any atom is -0.444 e. The smallest absolute Gasteiger partial charge is 0.407 e. The van der Waals surface area contributed by atoms with Crippen molar-refractivity contribution >= 4 is 12.4 Å². The molecule has 0 aromatic carbocycles. The summed E-state index contributed by atoms with van der Waals surface area (Å²) in [7, 11) is 0. The van der Waals surface area contributed by atoms with E-state index in [1.807, 2.05) is 6.08 Å². The number of alkyl carbamates (subject to hydrolysis) is 1. The van der Waals surface area contributed by atoms with E-state index in [1.54, 1.807) is 27.7 Å². The Labute approximate surface area is 157 Å². The fourth-order valence-electron chi connectivity index (χ4n) is 3.28. The van der Waals surface area contributed by atoms with E-state index >= 15 is 0 Å². The summed E-state index contributed by atoms with van der Waals surface area (Å²) in [6, 6.07) is -0.330. The highest BCUT2D eigenvalue weighted by Gasteiger charge is 2.37. The second-order valence-electron chi connectivity index (χ2n) is 8.10. The molecule has 2 N–H and O–H groups in total. The molecule has 0 bridgehead atoms. The quantitative estimate of drug-likeness (QED) is 0.641. The molecule has 0 saturated carbocycles. The van der Waals surface area contributed by atoms with E-state index < -0.39 is 17.8 Å². The standard InChI is InChI=1S/C20H35NO5/c1-7-15(8-2)25-18-11-14(12-22)10-17(16(18)9-13(3)23)21-19(24)26-20(4,5)6/h11-13,15-18,23H,7-10H2,1-6H3,(H,21,24). The van der Waals surface area contributed by atoms with Gasteiger partial charge in [-0.15, -0.1) is 0 Å². The topological polar surface area (TPSA) is 84.9 Å². The van der Waals surface area contributed by atoms with Crippen LogP contribution in [0, 0.1) is 5.92 Å². The Balaban J connectivity index is 3.03. The van der Waals surface area contributed by atoms with Crippen LogP contribution in [0.15, 0.2) is 11.6 Å². The predicted octanol–water partition coefficient (Wildman–Crippen LogP) is 3.37. The Morgan fingerprint density at radius 3 is 2.46 bits per heavy atom. The van der Waals surface area contributed by atoms with Crippen LogP contribution in [0.1, 0.15) is 67.2 Å². The molecule has 4 atom stereocenters. The maximum atomic E-state index is 12.3. The fraction of sp³-hybridized carbons (Fsp3) is 0.800. The van der Waals surface area contributed by atoms with E-state index in [0.717, 1.165) is 19.1 Å². The van der Waals surface area contributed by atoms with Gasteiger partial charge in [0.2, 0.25) is 0 Å². The van der Waals surface area contributed by atoms with Crippen molar-refractivity contribution in [2.24, 2.45) is 5.92 Å². The van der Waals surface area contributed by atoms with E-state index in [4.69, 9.17) is 9.47 Å². The molecule has 1 aliphatic rings. The minimum atomic E-state index is -0.604. The van der Waals surface area contributed by atoms with Crippen molar-refractivity contribution in [2.75, 3.05) is 0 Å². The molecule has 1 aliphatic carbocycles. The van der Waals surface area contributed by atoms with Gasteiger partial charge in [0.15, 0.2) is 0 Å². The van der Waals surface area contributed by atoms with Gasteiger partial charge in [0.25, 0.3) is 0 Å². The summed E-state index contributed by atoms with van der Waals surface area (Å²) in [5.74, 6) is -0.133. The summed E-state index contributed by atoms with van der Waals surface area (Å²) in [4.78, 5) is 23.7. The van der Waals surface area contributed by atoms with E-state index in [-0.39, 0.29) is 24.2 Å². The molecule has 150 valence electrons. The summed E-state index contributed by atoms with van der Waals surface area (Å²) in [6.45, 7) is 11.2. The predicted molar refractivity (Wildman–Crippen MR) is 101 cm³/mol. The number of ether oxygens (including phenoxy) is 2. The number of aldehydes is 1. The van der Waals surface area contributed by atoms with Crippen molar-refractivity contribution in [3.05, 3.63) is 11.6 Å². The van der Waals surface area contributed by atoms with E-state index in [0.29, 0.717) is 18.4 Å². The molecular formula is C20H35NO5. The first-order valence-corrected chi connectivity index (χ1v) is 9.58. The van der Waals surface area contributed by atoms with Gasteiger partial charge in [-0.2, -0.15) is 0 Å². The van der Waals surface area contributed by atoms with Crippen LogP contribution in [0.25, 0.3) is 0 Å². The Hall–Kier alpha value is -1.40. The van der Waals surface area contributed by atoms with Gasteiger partial charge in [-0.05, 0) is 65.0 Å². The molecule has 0 heterocycles. The normalized spacial score (nSPS) is 24.8. The van der Waals surface area contributed by atoms with Gasteiger partial charge in [0.05, 0.1) is 18.3 Å². The van der Waals surface area contributed by atoms with Crippen molar-refractivity contribution < 1.29 is 24.2 Å². The highest BCUT2D eigenvalue weighted by atomic mass is 16.6. The third kappa shape index (κ3) is 7.46. The minimum absolute atomic E-state index is 0.0703. The number of carbonyl (C=O) groups excluding carboxylic acids is 2. The van der Waals surface area contributed by atoms with Crippen LogP contribution in [-0.4, -0.2) is 47.4 Å². The van der Waals surface area contributed by atoms with E-state index in [1.165, 1.54) is 0 Å². The molecule has 6 nitrogen and oxygen atoms in total. The van der Waals surface area contributed by atoms with E-state index in [2.05, 4.69) is 19.2 Å². The number of nitrogens with one attached hydrogen (secondary N) is 1. The number of hydrogen-bond donors (Lipinski definition) is 2. The Morgan fingerprint density at radius 2 is 2.00 bits per heavy atom. The maximum absolute atomic E-state index is 12.3. The van der Waals surface area contributed by atoms with Gasteiger partial charge in [-0.25, -0.2) is 4.79 Å². The summed E-state index contributed by atoms with van der Waals surface area (Å²) in [5, 5.41) is 12.8. The first-order chi connectivity index (χ1) is 12.1. The molecule has 6 heteroatoms. The molecule has 0 spiro atoms. The largest absolute Gasteiger partial charge is 0.444 e. The number of aliphatic hydroxyl groups is 1. The SMILES string of the molecule is CCC(CC)OC1C=C(C=O)CC(NC(=O)OC(C)(C)C)C1CC(C)O. The van der Waals surface area contributed by atoms with Crippen LogP contribution < -0.4 is 5.32 Å². The van der Waals surface area contributed by atoms with Gasteiger partial charge < -0.3 is 19.9 Å². The Bertz CT molecular complexity index is 491. The lowest BCUT2D eigenvalue weighted by molar-refractivity contribution is -0.105. The second kappa shape index (κ2) is 10.1. The van der Waals surface area contributed by atoms with Gasteiger partial charge >= 0.3 is 6.09 Å². The first-order valence-electron chi connectivity index (χ1n) is 9.58. The molecular weight excluding hydrogens is 334 g/mol. The number of aliphatic hydroxyl groups excluding tert-OH is 1. The maximum Gasteiger partial charge on any atom is 0.407 e. The molecule has 0 aromatic heterocycles. The summed E-state index contributed by atoms with van der Waals surface area (Å²) < 4.78 is 11.6. The average Bonchev–Trinajstić information content (AvgIpc) is 2.52. The first kappa shape index (κ1) is 22.6. The third-order valence-corrected chi connectivity index (χ3v) is 4.50. The average molecular weight is 370 g/mol. The number of rotatable bonds is 8. The zero-order valence-electron chi connectivity index (χ0n) is 17.0. The van der Waals surface area contributed by atoms with Crippen LogP contribution in [0.4, 0.5) is 4.79 Å². The molecule has 0 aliphatic heterocycles. The number of hydrogen-bond acceptors (Lipinski definition) is 5. The van der Waals surface area contributed by atoms with Crippen LogP contribution >= 0.6 is 0 Å². The molecule has 0 aromatic rings. The number of amides is 1. The van der Waals surface area contributed by atoms with Crippen LogP contribution in [0.2, 0.25) is 0 Å². The lowest BCUT2D eigenvalue weighted by atomic mass is 9.79. The summed E-state index contributed by atoms with van der Waals surface area (Å²) in [5.41, 5.74) is -0.00311. The molecule has 0 radical (unpaired) electrons. The van der Waals surface area contributed by atoms with Crippen LogP contribution in [0.3, 0.4) is 0 Å². The molecule has 1 amide bonds. The molecule has 0 saturated heterocycles. The molecule has 26 heavy (non-hydrogen) atoms. The monoisotopic (exact) mass is 369 g/mol. The fourth-order valence-corrected chi connectivity index (χ4v) is 3.28. The lowest BCUT2D eigenvalue weighted by Crippen LogP contribution is -2.50. The van der Waals surface area contributed by atoms with Crippen LogP contribution in [-0.2, 0) is 14.3 Å². The molecule has 4 unspecified atom stereocenters. The lowest BCUT2D eigenvalue weighted by Gasteiger charge is -2.39. The second-order valence-corrected chi connectivity index (χ2v) is 8.10. The summed E-state index contributed by atoms with van der Waals surface area (Å²) in [6.07, 6.45) is 3.93. The highest BCUT2D eigenvalue weighted by Crippen LogP contribution is 2.31.